The molecule has 0 saturated carbocycles. The molecule has 0 aliphatic heterocycles. The number of ether oxygens (including phenoxy) is 1. The minimum Gasteiger partial charge on any atom is -0.495 e. The Morgan fingerprint density at radius 2 is 2.25 bits per heavy atom. The van der Waals surface area contributed by atoms with Crippen molar-refractivity contribution in [3.63, 3.8) is 0 Å². The second-order valence-corrected chi connectivity index (χ2v) is 5.22. The van der Waals surface area contributed by atoms with E-state index in [1.54, 1.807) is 6.07 Å². The van der Waals surface area contributed by atoms with E-state index in [0.29, 0.717) is 11.3 Å². The van der Waals surface area contributed by atoms with Crippen molar-refractivity contribution in [2.75, 3.05) is 13.7 Å². The van der Waals surface area contributed by atoms with Crippen molar-refractivity contribution in [1.82, 2.24) is 5.32 Å². The molecular weight excluding hydrogens is 434 g/mol. The molecule has 1 N–H and O–H groups in total. The molecule has 0 atom stereocenters. The van der Waals surface area contributed by atoms with E-state index in [-0.39, 0.29) is 12.5 Å². The second kappa shape index (κ2) is 6.24. The minimum atomic E-state index is -0.296. The highest BCUT2D eigenvalue weighted by molar-refractivity contribution is 14.1. The molecule has 4 nitrogen and oxygen atoms in total. The first-order chi connectivity index (χ1) is 7.60. The molecule has 1 rings (SSSR count). The molecule has 0 bridgehead atoms. The molecule has 6 heteroatoms. The van der Waals surface area contributed by atoms with E-state index < -0.39 is 0 Å². The van der Waals surface area contributed by atoms with Crippen LogP contribution in [-0.2, 0) is 0 Å². The Kier molecular flexibility index (Phi) is 5.27. The van der Waals surface area contributed by atoms with Crippen LogP contribution in [0.4, 0.5) is 0 Å². The van der Waals surface area contributed by atoms with Gasteiger partial charge in [-0.05, 0) is 57.3 Å². The van der Waals surface area contributed by atoms with E-state index >= 15 is 0 Å². The van der Waals surface area contributed by atoms with E-state index in [0.717, 1.165) is 7.14 Å². The Labute approximate surface area is 121 Å². The fourth-order valence-electron chi connectivity index (χ4n) is 1.15. The smallest absolute Gasteiger partial charge is 0.255 e. The maximum Gasteiger partial charge on any atom is 0.255 e. The number of halogens is 2. The van der Waals surface area contributed by atoms with Gasteiger partial charge in [0.1, 0.15) is 12.3 Å². The average Bonchev–Trinajstić information content (AvgIpc) is 2.24. The quantitative estimate of drug-likeness (QED) is 0.577. The van der Waals surface area contributed by atoms with Gasteiger partial charge in [-0.2, -0.15) is 5.26 Å². The molecule has 1 aromatic carbocycles. The highest BCUT2D eigenvalue weighted by Crippen LogP contribution is 2.27. The third kappa shape index (κ3) is 3.21. The summed E-state index contributed by atoms with van der Waals surface area (Å²) in [6.45, 7) is -0.00988. The van der Waals surface area contributed by atoms with Crippen molar-refractivity contribution in [2.45, 2.75) is 0 Å². The van der Waals surface area contributed by atoms with Gasteiger partial charge in [-0.3, -0.25) is 4.79 Å². The fourth-order valence-corrected chi connectivity index (χ4v) is 3.22. The van der Waals surface area contributed by atoms with Crippen LogP contribution in [0.3, 0.4) is 0 Å². The van der Waals surface area contributed by atoms with Crippen LogP contribution in [0.15, 0.2) is 12.1 Å². The van der Waals surface area contributed by atoms with Crippen molar-refractivity contribution in [2.24, 2.45) is 0 Å². The second-order valence-electron chi connectivity index (χ2n) is 2.81. The van der Waals surface area contributed by atoms with E-state index in [1.165, 1.54) is 7.11 Å². The van der Waals surface area contributed by atoms with Gasteiger partial charge in [0.2, 0.25) is 0 Å². The van der Waals surface area contributed by atoms with Crippen LogP contribution in [0, 0.1) is 18.5 Å². The molecular formula is C10H8I2N2O2. The van der Waals surface area contributed by atoms with E-state index in [1.807, 2.05) is 12.1 Å². The Morgan fingerprint density at radius 1 is 1.56 bits per heavy atom. The van der Waals surface area contributed by atoms with Crippen LogP contribution < -0.4 is 10.1 Å². The Balaban J connectivity index is 3.11. The Hall–Kier alpha value is -0.560. The number of methoxy groups -OCH3 is 1. The number of amides is 1. The summed E-state index contributed by atoms with van der Waals surface area (Å²) in [7, 11) is 1.52. The van der Waals surface area contributed by atoms with Crippen LogP contribution >= 0.6 is 45.2 Å². The van der Waals surface area contributed by atoms with E-state index in [4.69, 9.17) is 10.00 Å². The van der Waals surface area contributed by atoms with Crippen molar-refractivity contribution in [1.29, 1.82) is 5.26 Å². The molecule has 0 saturated heterocycles. The van der Waals surface area contributed by atoms with Crippen LogP contribution in [-0.4, -0.2) is 19.6 Å². The third-order valence-electron chi connectivity index (χ3n) is 1.79. The molecule has 0 spiro atoms. The van der Waals surface area contributed by atoms with Crippen LogP contribution in [0.25, 0.3) is 0 Å². The maximum absolute atomic E-state index is 11.7. The summed E-state index contributed by atoms with van der Waals surface area (Å²) in [4.78, 5) is 11.7. The van der Waals surface area contributed by atoms with Crippen LogP contribution in [0.1, 0.15) is 10.4 Å². The molecule has 0 heterocycles. The number of nitrogens with zero attached hydrogens (tertiary/aromatic N) is 1. The first kappa shape index (κ1) is 13.5. The predicted octanol–water partition coefficient (Wildman–Crippen LogP) is 2.16. The van der Waals surface area contributed by atoms with Gasteiger partial charge in [-0.1, -0.05) is 0 Å². The predicted molar refractivity (Wildman–Crippen MR) is 76.4 cm³/mol. The number of carbonyl (C=O) groups is 1. The SMILES string of the molecule is COc1c(I)cc(I)cc1C(=O)NCC#N. The molecule has 84 valence electrons. The van der Waals surface area contributed by atoms with E-state index in [2.05, 4.69) is 50.5 Å². The number of rotatable bonds is 3. The minimum absolute atomic E-state index is 0.00988. The first-order valence-electron chi connectivity index (χ1n) is 4.28. The van der Waals surface area contributed by atoms with Crippen LogP contribution in [0.5, 0.6) is 5.75 Å². The molecule has 1 amide bonds. The summed E-state index contributed by atoms with van der Waals surface area (Å²) in [5.41, 5.74) is 0.453. The maximum atomic E-state index is 11.7. The van der Waals surface area contributed by atoms with Gasteiger partial charge < -0.3 is 10.1 Å². The van der Waals surface area contributed by atoms with Gasteiger partial charge in [-0.15, -0.1) is 0 Å². The van der Waals surface area contributed by atoms with Gasteiger partial charge in [0.25, 0.3) is 5.91 Å². The Morgan fingerprint density at radius 3 is 2.81 bits per heavy atom. The normalized spacial score (nSPS) is 9.38. The summed E-state index contributed by atoms with van der Waals surface area (Å²) >= 11 is 4.24. The summed E-state index contributed by atoms with van der Waals surface area (Å²) in [6.07, 6.45) is 0. The number of nitriles is 1. The zero-order valence-electron chi connectivity index (χ0n) is 8.38. The largest absolute Gasteiger partial charge is 0.495 e. The van der Waals surface area contributed by atoms with Gasteiger partial charge >= 0.3 is 0 Å². The van der Waals surface area contributed by atoms with Gasteiger partial charge in [0.05, 0.1) is 22.3 Å². The molecule has 0 aliphatic carbocycles. The number of hydrogen-bond acceptors (Lipinski definition) is 3. The average molecular weight is 442 g/mol. The van der Waals surface area contributed by atoms with Crippen LogP contribution in [0.2, 0.25) is 0 Å². The van der Waals surface area contributed by atoms with Crippen molar-refractivity contribution in [3.8, 4) is 11.8 Å². The first-order valence-corrected chi connectivity index (χ1v) is 6.44. The lowest BCUT2D eigenvalue weighted by Crippen LogP contribution is -2.24. The van der Waals surface area contributed by atoms with E-state index in [9.17, 15) is 4.79 Å². The molecule has 0 radical (unpaired) electrons. The summed E-state index contributed by atoms with van der Waals surface area (Å²) in [5.74, 6) is 0.242. The highest BCUT2D eigenvalue weighted by atomic mass is 127. The standard InChI is InChI=1S/C10H8I2N2O2/c1-16-9-7(10(15)14-3-2-13)4-6(11)5-8(9)12/h4-5H,3H2,1H3,(H,14,15). The third-order valence-corrected chi connectivity index (χ3v) is 3.21. The number of nitrogens with one attached hydrogen (secondary N) is 1. The van der Waals surface area contributed by atoms with Gasteiger partial charge in [0.15, 0.2) is 0 Å². The van der Waals surface area contributed by atoms with Gasteiger partial charge in [-0.25, -0.2) is 0 Å². The molecule has 0 aliphatic rings. The van der Waals surface area contributed by atoms with Crippen molar-refractivity contribution < 1.29 is 9.53 Å². The molecule has 0 unspecified atom stereocenters. The zero-order chi connectivity index (χ0) is 12.1. The lowest BCUT2D eigenvalue weighted by molar-refractivity contribution is 0.0955. The molecule has 0 fully saturated rings. The summed E-state index contributed by atoms with van der Waals surface area (Å²) in [5, 5.41) is 10.9. The highest BCUT2D eigenvalue weighted by Gasteiger charge is 2.15. The number of benzene rings is 1. The zero-order valence-corrected chi connectivity index (χ0v) is 12.7. The monoisotopic (exact) mass is 442 g/mol. The Bertz CT molecular complexity index is 455. The molecule has 1 aromatic rings. The lowest BCUT2D eigenvalue weighted by atomic mass is 10.2. The number of hydrogen-bond donors (Lipinski definition) is 1. The van der Waals surface area contributed by atoms with Crippen molar-refractivity contribution in [3.05, 3.63) is 24.8 Å². The topological polar surface area (TPSA) is 62.1 Å². The van der Waals surface area contributed by atoms with Gasteiger partial charge in [0, 0.05) is 3.57 Å². The fraction of sp³-hybridized carbons (Fsp3) is 0.200. The molecule has 16 heavy (non-hydrogen) atoms. The number of carbonyl (C=O) groups excluding carboxylic acids is 1. The molecule has 0 aromatic heterocycles. The van der Waals surface area contributed by atoms with Crippen molar-refractivity contribution >= 4 is 51.1 Å². The summed E-state index contributed by atoms with van der Waals surface area (Å²) in [6, 6.07) is 5.51. The lowest BCUT2D eigenvalue weighted by Gasteiger charge is -2.10. The summed E-state index contributed by atoms with van der Waals surface area (Å²) < 4.78 is 7.00.